The van der Waals surface area contributed by atoms with E-state index in [-0.39, 0.29) is 12.6 Å². The van der Waals surface area contributed by atoms with Gasteiger partial charge in [0.2, 0.25) is 0 Å². The molecule has 2 aromatic rings. The predicted octanol–water partition coefficient (Wildman–Crippen LogP) is 6.56. The van der Waals surface area contributed by atoms with Gasteiger partial charge in [0.25, 0.3) is 0 Å². The van der Waals surface area contributed by atoms with Crippen LogP contribution < -0.4 is 0 Å². The highest BCUT2D eigenvalue weighted by atomic mass is 16.4. The third-order valence-electron chi connectivity index (χ3n) is 11.0. The van der Waals surface area contributed by atoms with Crippen LogP contribution in [-0.4, -0.2) is 61.6 Å². The van der Waals surface area contributed by atoms with Gasteiger partial charge in [0.15, 0.2) is 0 Å². The van der Waals surface area contributed by atoms with Gasteiger partial charge in [0.1, 0.15) is 5.82 Å². The lowest BCUT2D eigenvalue weighted by Crippen LogP contribution is -2.58. The maximum Gasteiger partial charge on any atom is 0.317 e. The van der Waals surface area contributed by atoms with E-state index in [4.69, 9.17) is 4.98 Å². The summed E-state index contributed by atoms with van der Waals surface area (Å²) in [5.74, 6) is 2.34. The lowest BCUT2D eigenvalue weighted by molar-refractivity contribution is -0.139. The molecule has 4 heterocycles. The van der Waals surface area contributed by atoms with Crippen LogP contribution >= 0.6 is 0 Å². The van der Waals surface area contributed by atoms with Crippen molar-refractivity contribution >= 4 is 17.0 Å². The maximum atomic E-state index is 11.7. The van der Waals surface area contributed by atoms with E-state index in [1.807, 2.05) is 0 Å². The van der Waals surface area contributed by atoms with Crippen LogP contribution in [0.3, 0.4) is 0 Å². The molecule has 1 N–H and O–H groups in total. The molecule has 2 saturated carbocycles. The van der Waals surface area contributed by atoms with Crippen LogP contribution in [0.4, 0.5) is 0 Å². The van der Waals surface area contributed by atoms with E-state index < -0.39 is 5.97 Å². The fourth-order valence-corrected chi connectivity index (χ4v) is 9.63. The number of para-hydroxylation sites is 2. The smallest absolute Gasteiger partial charge is 0.317 e. The number of rotatable bonds is 5. The van der Waals surface area contributed by atoms with Gasteiger partial charge in [-0.1, -0.05) is 50.7 Å². The minimum absolute atomic E-state index is 0.103. The molecule has 0 radical (unpaired) electrons. The fraction of sp³-hybridized carbons (Fsp3) is 0.750. The molecule has 3 saturated heterocycles. The van der Waals surface area contributed by atoms with Crippen molar-refractivity contribution in [3.05, 3.63) is 30.1 Å². The zero-order chi connectivity index (χ0) is 25.6. The number of fused-ring (bicyclic) bond motifs is 5. The monoisotopic (exact) mass is 518 g/mol. The second-order valence-electron chi connectivity index (χ2n) is 13.4. The van der Waals surface area contributed by atoms with Gasteiger partial charge < -0.3 is 9.67 Å². The van der Waals surface area contributed by atoms with Crippen molar-refractivity contribution in [3.8, 4) is 0 Å². The van der Waals surface area contributed by atoms with Gasteiger partial charge in [0.05, 0.1) is 23.6 Å². The molecule has 7 rings (SSSR count). The zero-order valence-electron chi connectivity index (χ0n) is 23.0. The Kier molecular flexibility index (Phi) is 6.98. The Morgan fingerprint density at radius 2 is 1.50 bits per heavy atom. The summed E-state index contributed by atoms with van der Waals surface area (Å²) in [7, 11) is 0. The quantitative estimate of drug-likeness (QED) is 0.485. The summed E-state index contributed by atoms with van der Waals surface area (Å²) in [6.07, 6.45) is 20.0. The summed E-state index contributed by atoms with van der Waals surface area (Å²) in [5, 5.41) is 9.65. The largest absolute Gasteiger partial charge is 0.480 e. The van der Waals surface area contributed by atoms with E-state index in [1.54, 1.807) is 0 Å². The number of nitrogens with zero attached hydrogens (tertiary/aromatic N) is 4. The van der Waals surface area contributed by atoms with Crippen LogP contribution in [0.15, 0.2) is 24.3 Å². The second-order valence-corrected chi connectivity index (χ2v) is 13.4. The highest BCUT2D eigenvalue weighted by molar-refractivity contribution is 5.76. The number of imidazole rings is 1. The molecule has 2 aliphatic carbocycles. The molecule has 3 aliphatic heterocycles. The first-order valence-corrected chi connectivity index (χ1v) is 15.8. The molecule has 0 spiro atoms. The summed E-state index contributed by atoms with van der Waals surface area (Å²) in [5.41, 5.74) is 2.33. The number of carbonyl (C=O) groups is 1. The van der Waals surface area contributed by atoms with E-state index in [9.17, 15) is 9.90 Å². The highest BCUT2D eigenvalue weighted by Gasteiger charge is 2.45. The van der Waals surface area contributed by atoms with Crippen molar-refractivity contribution in [1.82, 2.24) is 19.4 Å². The Hall–Kier alpha value is -1.92. The van der Waals surface area contributed by atoms with E-state index in [0.29, 0.717) is 18.1 Å². The average Bonchev–Trinajstić information content (AvgIpc) is 3.21. The Labute approximate surface area is 227 Å². The summed E-state index contributed by atoms with van der Waals surface area (Å²) in [4.78, 5) is 22.2. The van der Waals surface area contributed by atoms with E-state index in [2.05, 4.69) is 38.6 Å². The van der Waals surface area contributed by atoms with E-state index in [0.717, 1.165) is 55.0 Å². The standard InChI is InChI=1S/C32H46N4O2/c37-31(38)21-34-15-6-5-14-30(34)32-33-28-12-3-4-13-29(28)36(32)27-19-24-10-7-11-25(20-27)35(24)26-17-22-8-1-2-9-23(16-22)18-26/h3-4,12-13,22-27,30H,1-2,5-11,14-21H2,(H,37,38)/t22-,23+,24-,25+,26-,27-,30-/m0/s1. The second kappa shape index (κ2) is 10.6. The van der Waals surface area contributed by atoms with Gasteiger partial charge in [-0.25, -0.2) is 4.98 Å². The van der Waals surface area contributed by atoms with Crippen LogP contribution in [0, 0.1) is 11.8 Å². The molecule has 0 amide bonds. The first-order valence-electron chi connectivity index (χ1n) is 15.8. The SMILES string of the molecule is O=C(O)CN1CCCC[C@H]1c1nc2ccccc2n1[C@@H]1C[C@H]2CCC[C@@H](C1)N2[C@@H]1C[C@@H]2CCCC[C@@H](C2)C1. The van der Waals surface area contributed by atoms with Crippen molar-refractivity contribution in [2.75, 3.05) is 13.1 Å². The summed E-state index contributed by atoms with van der Waals surface area (Å²) < 4.78 is 2.60. The molecule has 6 heteroatoms. The van der Waals surface area contributed by atoms with Gasteiger partial charge >= 0.3 is 5.97 Å². The van der Waals surface area contributed by atoms with E-state index >= 15 is 0 Å². The lowest BCUT2D eigenvalue weighted by atomic mass is 9.73. The van der Waals surface area contributed by atoms with Crippen LogP contribution in [0.2, 0.25) is 0 Å². The minimum Gasteiger partial charge on any atom is -0.480 e. The molecule has 1 aromatic heterocycles. The highest BCUT2D eigenvalue weighted by Crippen LogP contribution is 2.48. The molecule has 5 fully saturated rings. The molecular formula is C32H46N4O2. The number of carboxylic acids is 1. The van der Waals surface area contributed by atoms with Crippen LogP contribution in [-0.2, 0) is 4.79 Å². The average molecular weight is 519 g/mol. The van der Waals surface area contributed by atoms with Gasteiger partial charge in [-0.3, -0.25) is 14.6 Å². The van der Waals surface area contributed by atoms with E-state index in [1.165, 1.54) is 82.6 Å². The number of hydrogen-bond donors (Lipinski definition) is 1. The molecule has 206 valence electrons. The van der Waals surface area contributed by atoms with Gasteiger partial charge in [0, 0.05) is 24.2 Å². The number of piperidine rings is 3. The van der Waals surface area contributed by atoms with Crippen molar-refractivity contribution < 1.29 is 9.90 Å². The predicted molar refractivity (Wildman–Crippen MR) is 150 cm³/mol. The molecule has 7 atom stereocenters. The summed E-state index contributed by atoms with van der Waals surface area (Å²) in [6, 6.07) is 11.4. The van der Waals surface area contributed by atoms with Gasteiger partial charge in [-0.2, -0.15) is 0 Å². The summed E-state index contributed by atoms with van der Waals surface area (Å²) >= 11 is 0. The molecule has 4 bridgehead atoms. The maximum absolute atomic E-state index is 11.7. The summed E-state index contributed by atoms with van der Waals surface area (Å²) in [6.45, 7) is 0.968. The Bertz CT molecular complexity index is 1120. The van der Waals surface area contributed by atoms with Crippen molar-refractivity contribution in [2.45, 2.75) is 127 Å². The minimum atomic E-state index is -0.726. The number of aliphatic carboxylic acids is 1. The molecule has 1 aromatic carbocycles. The zero-order valence-corrected chi connectivity index (χ0v) is 23.0. The Morgan fingerprint density at radius 1 is 0.789 bits per heavy atom. The van der Waals surface area contributed by atoms with Crippen molar-refractivity contribution in [1.29, 1.82) is 0 Å². The van der Waals surface area contributed by atoms with Gasteiger partial charge in [-0.05, 0) is 88.3 Å². The van der Waals surface area contributed by atoms with Gasteiger partial charge in [-0.15, -0.1) is 0 Å². The molecule has 5 aliphatic rings. The number of benzene rings is 1. The topological polar surface area (TPSA) is 61.6 Å². The third kappa shape index (κ3) is 4.70. The normalized spacial score (nSPS) is 36.7. The number of hydrogen-bond acceptors (Lipinski definition) is 4. The number of aromatic nitrogens is 2. The number of carboxylic acid groups (broad SMARTS) is 1. The van der Waals surface area contributed by atoms with Crippen LogP contribution in [0.25, 0.3) is 11.0 Å². The Morgan fingerprint density at radius 3 is 2.24 bits per heavy atom. The lowest BCUT2D eigenvalue weighted by Gasteiger charge is -2.55. The van der Waals surface area contributed by atoms with Crippen LogP contribution in [0.5, 0.6) is 0 Å². The molecule has 6 nitrogen and oxygen atoms in total. The van der Waals surface area contributed by atoms with Crippen molar-refractivity contribution in [2.24, 2.45) is 11.8 Å². The van der Waals surface area contributed by atoms with Crippen LogP contribution in [0.1, 0.15) is 114 Å². The first-order chi connectivity index (χ1) is 18.6. The molecule has 0 unspecified atom stereocenters. The molecular weight excluding hydrogens is 472 g/mol. The van der Waals surface area contributed by atoms with Crippen molar-refractivity contribution in [3.63, 3.8) is 0 Å². The molecule has 38 heavy (non-hydrogen) atoms. The first kappa shape index (κ1) is 25.1. The fourth-order valence-electron chi connectivity index (χ4n) is 9.63. The third-order valence-corrected chi connectivity index (χ3v) is 11.0. The number of likely N-dealkylation sites (tertiary alicyclic amines) is 1. The Balaban J connectivity index is 1.20.